The van der Waals surface area contributed by atoms with Gasteiger partial charge in [-0.1, -0.05) is 53.1 Å². The van der Waals surface area contributed by atoms with Crippen LogP contribution in [0.15, 0.2) is 71.6 Å². The van der Waals surface area contributed by atoms with Gasteiger partial charge in [-0.05, 0) is 65.0 Å². The van der Waals surface area contributed by atoms with Gasteiger partial charge in [0.05, 0.1) is 16.6 Å². The summed E-state index contributed by atoms with van der Waals surface area (Å²) in [6, 6.07) is 19.4. The van der Waals surface area contributed by atoms with E-state index in [1.807, 2.05) is 65.0 Å². The molecule has 0 aromatic heterocycles. The molecule has 1 N–H and O–H groups in total. The third-order valence-corrected chi connectivity index (χ3v) is 7.96. The number of hydrogen-bond donors (Lipinski definition) is 1. The Kier molecular flexibility index (Phi) is 6.64. The van der Waals surface area contributed by atoms with Crippen LogP contribution in [0.25, 0.3) is 0 Å². The Labute approximate surface area is 208 Å². The van der Waals surface area contributed by atoms with Crippen LogP contribution in [0.5, 0.6) is 5.75 Å². The van der Waals surface area contributed by atoms with Crippen LogP contribution in [-0.2, 0) is 14.8 Å². The number of anilines is 1. The lowest BCUT2D eigenvalue weighted by Gasteiger charge is -2.38. The Morgan fingerprint density at radius 3 is 2.14 bits per heavy atom. The van der Waals surface area contributed by atoms with Crippen molar-refractivity contribution in [3.63, 3.8) is 0 Å². The van der Waals surface area contributed by atoms with Gasteiger partial charge in [-0.15, -0.1) is 0 Å². The van der Waals surface area contributed by atoms with Gasteiger partial charge in [0.1, 0.15) is 17.9 Å². The van der Waals surface area contributed by atoms with E-state index in [1.54, 1.807) is 36.4 Å². The van der Waals surface area contributed by atoms with Crippen molar-refractivity contribution in [1.82, 2.24) is 5.32 Å². The van der Waals surface area contributed by atoms with Crippen LogP contribution in [-0.4, -0.2) is 26.5 Å². The van der Waals surface area contributed by atoms with E-state index < -0.39 is 15.6 Å². The van der Waals surface area contributed by atoms with E-state index >= 15 is 0 Å². The number of benzene rings is 3. The molecule has 0 saturated carbocycles. The van der Waals surface area contributed by atoms with Crippen LogP contribution in [0.3, 0.4) is 0 Å². The fourth-order valence-electron chi connectivity index (χ4n) is 4.34. The molecule has 0 bridgehead atoms. The Bertz CT molecular complexity index is 1330. The number of nitrogens with one attached hydrogen (secondary N) is 1. The van der Waals surface area contributed by atoms with Gasteiger partial charge in [-0.3, -0.25) is 9.10 Å². The molecule has 0 spiro atoms. The molecule has 0 radical (unpaired) electrons. The summed E-state index contributed by atoms with van der Waals surface area (Å²) < 4.78 is 34.5. The lowest BCUT2D eigenvalue weighted by atomic mass is 9.89. The summed E-state index contributed by atoms with van der Waals surface area (Å²) in [6.45, 7) is 9.45. The van der Waals surface area contributed by atoms with Crippen molar-refractivity contribution in [2.75, 3.05) is 10.8 Å². The van der Waals surface area contributed by atoms with Gasteiger partial charge in [0.15, 0.2) is 0 Å². The third kappa shape index (κ3) is 5.51. The number of rotatable bonds is 6. The Morgan fingerprint density at radius 2 is 1.51 bits per heavy atom. The lowest BCUT2D eigenvalue weighted by Crippen LogP contribution is -2.45. The van der Waals surface area contributed by atoms with Gasteiger partial charge in [-0.2, -0.15) is 0 Å². The normalized spacial score (nSPS) is 16.7. The van der Waals surface area contributed by atoms with E-state index in [4.69, 9.17) is 4.74 Å². The van der Waals surface area contributed by atoms with Crippen LogP contribution < -0.4 is 14.4 Å². The largest absolute Gasteiger partial charge is 0.487 e. The molecule has 35 heavy (non-hydrogen) atoms. The van der Waals surface area contributed by atoms with Crippen molar-refractivity contribution in [3.05, 3.63) is 89.0 Å². The zero-order valence-corrected chi connectivity index (χ0v) is 21.6. The second-order valence-electron chi connectivity index (χ2n) is 9.89. The smallest absolute Gasteiger partial charge is 0.264 e. The van der Waals surface area contributed by atoms with Crippen molar-refractivity contribution in [2.45, 2.75) is 57.6 Å². The highest BCUT2D eigenvalue weighted by atomic mass is 32.2. The first-order valence-corrected chi connectivity index (χ1v) is 13.1. The first kappa shape index (κ1) is 24.8. The van der Waals surface area contributed by atoms with Gasteiger partial charge < -0.3 is 10.1 Å². The Morgan fingerprint density at radius 1 is 0.943 bits per heavy atom. The molecule has 0 aliphatic carbocycles. The number of carbonyl (C=O) groups is 1. The van der Waals surface area contributed by atoms with E-state index in [0.717, 1.165) is 28.0 Å². The summed E-state index contributed by atoms with van der Waals surface area (Å²) in [5.74, 6) is 0.358. The van der Waals surface area contributed by atoms with Crippen LogP contribution in [0, 0.1) is 20.8 Å². The fraction of sp³-hybridized carbons (Fsp3) is 0.321. The molecule has 7 heteroatoms. The SMILES string of the molecule is Cc1ccc(N(CC(=O)NC2CC(C)(C)Oc3ccc(C)cc32)S(=O)(=O)c2ccc(C)cc2)cc1. The summed E-state index contributed by atoms with van der Waals surface area (Å²) in [6.07, 6.45) is 0.574. The average molecular weight is 493 g/mol. The van der Waals surface area contributed by atoms with E-state index in [1.165, 1.54) is 4.31 Å². The van der Waals surface area contributed by atoms with Crippen molar-refractivity contribution in [2.24, 2.45) is 0 Å². The molecular weight excluding hydrogens is 460 g/mol. The van der Waals surface area contributed by atoms with E-state index in [9.17, 15) is 13.2 Å². The third-order valence-electron chi connectivity index (χ3n) is 6.18. The maximum Gasteiger partial charge on any atom is 0.264 e. The molecule has 1 unspecified atom stereocenters. The highest BCUT2D eigenvalue weighted by molar-refractivity contribution is 7.92. The molecule has 1 heterocycles. The molecule has 0 saturated heterocycles. The predicted octanol–water partition coefficient (Wildman–Crippen LogP) is 5.23. The summed E-state index contributed by atoms with van der Waals surface area (Å²) in [5, 5.41) is 3.08. The number of aryl methyl sites for hydroxylation is 3. The lowest BCUT2D eigenvalue weighted by molar-refractivity contribution is -0.120. The number of amides is 1. The van der Waals surface area contributed by atoms with Gasteiger partial charge in [0, 0.05) is 12.0 Å². The summed E-state index contributed by atoms with van der Waals surface area (Å²) in [5.41, 5.74) is 3.90. The number of carbonyl (C=O) groups excluding carboxylic acids is 1. The molecule has 1 aliphatic rings. The maximum absolute atomic E-state index is 13.6. The van der Waals surface area contributed by atoms with Crippen molar-refractivity contribution in [3.8, 4) is 5.75 Å². The number of hydrogen-bond acceptors (Lipinski definition) is 4. The zero-order valence-electron chi connectivity index (χ0n) is 20.8. The van der Waals surface area contributed by atoms with E-state index in [2.05, 4.69) is 5.32 Å². The summed E-state index contributed by atoms with van der Waals surface area (Å²) in [7, 11) is -3.96. The molecular formula is C28H32N2O4S. The van der Waals surface area contributed by atoms with Gasteiger partial charge >= 0.3 is 0 Å². The first-order valence-electron chi connectivity index (χ1n) is 11.7. The minimum absolute atomic E-state index is 0.143. The molecule has 1 amide bonds. The summed E-state index contributed by atoms with van der Waals surface area (Å²) >= 11 is 0. The molecule has 3 aromatic rings. The predicted molar refractivity (Wildman–Crippen MR) is 138 cm³/mol. The second kappa shape index (κ2) is 9.38. The highest BCUT2D eigenvalue weighted by Crippen LogP contribution is 2.40. The number of ether oxygens (including phenoxy) is 1. The van der Waals surface area contributed by atoms with Gasteiger partial charge in [0.2, 0.25) is 5.91 Å². The van der Waals surface area contributed by atoms with Crippen molar-refractivity contribution >= 4 is 21.6 Å². The second-order valence-corrected chi connectivity index (χ2v) is 11.7. The molecule has 184 valence electrons. The number of nitrogens with zero attached hydrogens (tertiary/aromatic N) is 1. The highest BCUT2D eigenvalue weighted by Gasteiger charge is 2.35. The monoisotopic (exact) mass is 492 g/mol. The first-order chi connectivity index (χ1) is 16.4. The van der Waals surface area contributed by atoms with E-state index in [0.29, 0.717) is 12.1 Å². The van der Waals surface area contributed by atoms with Crippen LogP contribution in [0.1, 0.15) is 48.6 Å². The standard InChI is InChI=1S/C28H32N2O4S/c1-19-6-11-22(12-7-19)30(35(32,33)23-13-8-20(2)9-14-23)18-27(31)29-25-17-28(4,5)34-26-15-10-21(3)16-24(25)26/h6-16,25H,17-18H2,1-5H3,(H,29,31). The summed E-state index contributed by atoms with van der Waals surface area (Å²) in [4.78, 5) is 13.5. The minimum atomic E-state index is -3.96. The van der Waals surface area contributed by atoms with E-state index in [-0.39, 0.29) is 23.4 Å². The topological polar surface area (TPSA) is 75.7 Å². The fourth-order valence-corrected chi connectivity index (χ4v) is 5.76. The van der Waals surface area contributed by atoms with Crippen molar-refractivity contribution < 1.29 is 17.9 Å². The minimum Gasteiger partial charge on any atom is -0.487 e. The molecule has 1 aliphatic heterocycles. The van der Waals surface area contributed by atoms with Gasteiger partial charge in [0.25, 0.3) is 10.0 Å². The van der Waals surface area contributed by atoms with Gasteiger partial charge in [-0.25, -0.2) is 8.42 Å². The molecule has 1 atom stereocenters. The van der Waals surface area contributed by atoms with Crippen LogP contribution >= 0.6 is 0 Å². The Hall–Kier alpha value is -3.32. The average Bonchev–Trinajstić information content (AvgIpc) is 2.78. The Balaban J connectivity index is 1.65. The molecule has 6 nitrogen and oxygen atoms in total. The van der Waals surface area contributed by atoms with Crippen LogP contribution in [0.2, 0.25) is 0 Å². The molecule has 0 fully saturated rings. The maximum atomic E-state index is 13.6. The molecule has 4 rings (SSSR count). The van der Waals surface area contributed by atoms with Crippen LogP contribution in [0.4, 0.5) is 5.69 Å². The number of sulfonamides is 1. The zero-order chi connectivity index (χ0) is 25.4. The number of fused-ring (bicyclic) bond motifs is 1. The quantitative estimate of drug-likeness (QED) is 0.512. The van der Waals surface area contributed by atoms with Crippen molar-refractivity contribution in [1.29, 1.82) is 0 Å². The molecule has 3 aromatic carbocycles.